The number of aromatic amines is 1. The second kappa shape index (κ2) is 8.61. The molecule has 0 unspecified atom stereocenters. The van der Waals surface area contributed by atoms with Gasteiger partial charge in [0.25, 0.3) is 5.91 Å². The Kier molecular flexibility index (Phi) is 5.96. The molecule has 0 spiro atoms. The van der Waals surface area contributed by atoms with Gasteiger partial charge in [-0.3, -0.25) is 19.6 Å². The Morgan fingerprint density at radius 1 is 1.07 bits per heavy atom. The molecule has 0 bridgehead atoms. The molecule has 0 radical (unpaired) electrons. The number of hydrogen-bond donors (Lipinski definition) is 3. The summed E-state index contributed by atoms with van der Waals surface area (Å²) in [5, 5.41) is 13.2. The number of likely N-dealkylation sites (tertiary alicyclic amines) is 1. The summed E-state index contributed by atoms with van der Waals surface area (Å²) in [6.07, 6.45) is 5.76. The van der Waals surface area contributed by atoms with E-state index in [9.17, 15) is 9.59 Å². The number of hydrogen-bond acceptors (Lipinski definition) is 5. The lowest BCUT2D eigenvalue weighted by Gasteiger charge is -2.36. The van der Waals surface area contributed by atoms with Gasteiger partial charge in [-0.2, -0.15) is 5.10 Å². The molecule has 1 saturated carbocycles. The highest BCUT2D eigenvalue weighted by Crippen LogP contribution is 2.25. The average molecular weight is 390 g/mol. The number of rotatable bonds is 5. The van der Waals surface area contributed by atoms with E-state index in [2.05, 4.69) is 25.7 Å². The fraction of sp³-hybridized carbons (Fsp3) is 0.750. The van der Waals surface area contributed by atoms with Crippen LogP contribution in [0.5, 0.6) is 0 Å². The van der Waals surface area contributed by atoms with Crippen molar-refractivity contribution in [3.8, 4) is 0 Å². The molecule has 1 aromatic rings. The van der Waals surface area contributed by atoms with E-state index < -0.39 is 0 Å². The van der Waals surface area contributed by atoms with Crippen molar-refractivity contribution in [3.05, 3.63) is 17.5 Å². The number of amides is 2. The maximum Gasteiger partial charge on any atom is 0.272 e. The summed E-state index contributed by atoms with van der Waals surface area (Å²) < 4.78 is 5.52. The highest BCUT2D eigenvalue weighted by molar-refractivity contribution is 5.92. The maximum atomic E-state index is 12.7. The molecule has 2 saturated heterocycles. The normalized spacial score (nSPS) is 27.2. The second-order valence-electron chi connectivity index (χ2n) is 8.46. The minimum atomic E-state index is -0.151. The summed E-state index contributed by atoms with van der Waals surface area (Å²) >= 11 is 0. The Balaban J connectivity index is 1.43. The molecule has 3 aliphatic rings. The third-order valence-corrected chi connectivity index (χ3v) is 6.05. The molecule has 1 aromatic heterocycles. The molecule has 154 valence electrons. The molecule has 28 heavy (non-hydrogen) atoms. The summed E-state index contributed by atoms with van der Waals surface area (Å²) in [7, 11) is 0. The standard InChI is InChI=1S/C20H31N5O3/c1-13-10-18(24-23-13)20(27)22-16-3-2-14(19(26)21-15-4-5-15)11-25(12-16)17-6-8-28-9-7-17/h10,14-17H,2-9,11-12H2,1H3,(H,21,26)(H,22,27)(H,23,24)/t14-,16+/m1/s1. The van der Waals surface area contributed by atoms with Crippen molar-refractivity contribution in [1.82, 2.24) is 25.7 Å². The van der Waals surface area contributed by atoms with Crippen LogP contribution >= 0.6 is 0 Å². The lowest BCUT2D eigenvalue weighted by molar-refractivity contribution is -0.126. The molecule has 3 heterocycles. The molecule has 3 fully saturated rings. The van der Waals surface area contributed by atoms with Crippen molar-refractivity contribution >= 4 is 11.8 Å². The Labute approximate surface area is 165 Å². The van der Waals surface area contributed by atoms with E-state index in [1.807, 2.05) is 6.92 Å². The third-order valence-electron chi connectivity index (χ3n) is 6.05. The number of ether oxygens (including phenoxy) is 1. The first kappa shape index (κ1) is 19.4. The molecule has 2 aliphatic heterocycles. The number of nitrogens with one attached hydrogen (secondary N) is 3. The van der Waals surface area contributed by atoms with Crippen molar-refractivity contribution in [1.29, 1.82) is 0 Å². The Bertz CT molecular complexity index is 696. The van der Waals surface area contributed by atoms with E-state index in [-0.39, 0.29) is 23.8 Å². The molecule has 3 N–H and O–H groups in total. The van der Waals surface area contributed by atoms with Gasteiger partial charge in [-0.1, -0.05) is 0 Å². The van der Waals surface area contributed by atoms with Gasteiger partial charge in [0.2, 0.25) is 5.91 Å². The number of carbonyl (C=O) groups excluding carboxylic acids is 2. The van der Waals surface area contributed by atoms with Gasteiger partial charge in [-0.15, -0.1) is 0 Å². The fourth-order valence-electron chi connectivity index (χ4n) is 4.25. The lowest BCUT2D eigenvalue weighted by atomic mass is 10.00. The predicted molar refractivity (Wildman–Crippen MR) is 104 cm³/mol. The summed E-state index contributed by atoms with van der Waals surface area (Å²) in [6.45, 7) is 4.95. The highest BCUT2D eigenvalue weighted by atomic mass is 16.5. The van der Waals surface area contributed by atoms with Crippen LogP contribution in [0.2, 0.25) is 0 Å². The minimum Gasteiger partial charge on any atom is -0.381 e. The topological polar surface area (TPSA) is 99.3 Å². The molecule has 0 aromatic carbocycles. The van der Waals surface area contributed by atoms with Crippen LogP contribution in [0.15, 0.2) is 6.07 Å². The number of aryl methyl sites for hydroxylation is 1. The first-order valence-electron chi connectivity index (χ1n) is 10.5. The molecule has 2 atom stereocenters. The van der Waals surface area contributed by atoms with Crippen LogP contribution < -0.4 is 10.6 Å². The van der Waals surface area contributed by atoms with E-state index in [1.165, 1.54) is 0 Å². The van der Waals surface area contributed by atoms with Gasteiger partial charge >= 0.3 is 0 Å². The van der Waals surface area contributed by atoms with Gasteiger partial charge in [0, 0.05) is 50.1 Å². The molecule has 8 heteroatoms. The first-order chi connectivity index (χ1) is 13.6. The zero-order valence-corrected chi connectivity index (χ0v) is 16.6. The van der Waals surface area contributed by atoms with E-state index in [0.29, 0.717) is 17.8 Å². The second-order valence-corrected chi connectivity index (χ2v) is 8.46. The first-order valence-corrected chi connectivity index (χ1v) is 10.5. The zero-order chi connectivity index (χ0) is 19.5. The van der Waals surface area contributed by atoms with E-state index in [0.717, 1.165) is 70.5 Å². The van der Waals surface area contributed by atoms with Crippen LogP contribution in [-0.4, -0.2) is 71.3 Å². The van der Waals surface area contributed by atoms with Gasteiger partial charge in [-0.25, -0.2) is 0 Å². The summed E-state index contributed by atoms with van der Waals surface area (Å²) in [6, 6.07) is 2.57. The largest absolute Gasteiger partial charge is 0.381 e. The van der Waals surface area contributed by atoms with Crippen molar-refractivity contribution < 1.29 is 14.3 Å². The van der Waals surface area contributed by atoms with E-state index in [1.54, 1.807) is 6.07 Å². The smallest absolute Gasteiger partial charge is 0.272 e. The Morgan fingerprint density at radius 3 is 2.50 bits per heavy atom. The van der Waals surface area contributed by atoms with Crippen LogP contribution in [-0.2, 0) is 9.53 Å². The fourth-order valence-corrected chi connectivity index (χ4v) is 4.25. The summed E-state index contributed by atoms with van der Waals surface area (Å²) in [5.74, 6) is 0.00889. The van der Waals surface area contributed by atoms with Gasteiger partial charge < -0.3 is 15.4 Å². The van der Waals surface area contributed by atoms with E-state index in [4.69, 9.17) is 4.74 Å². The number of H-pyrrole nitrogens is 1. The Morgan fingerprint density at radius 2 is 1.82 bits per heavy atom. The molecule has 1 aliphatic carbocycles. The average Bonchev–Trinajstić information content (AvgIpc) is 3.44. The maximum absolute atomic E-state index is 12.7. The van der Waals surface area contributed by atoms with Gasteiger partial charge in [0.15, 0.2) is 0 Å². The zero-order valence-electron chi connectivity index (χ0n) is 16.6. The van der Waals surface area contributed by atoms with Gasteiger partial charge in [0.1, 0.15) is 5.69 Å². The number of nitrogens with zero attached hydrogens (tertiary/aromatic N) is 2. The molecule has 4 rings (SSSR count). The number of carbonyl (C=O) groups is 2. The van der Waals surface area contributed by atoms with Gasteiger partial charge in [-0.05, 0) is 51.5 Å². The lowest BCUT2D eigenvalue weighted by Crippen LogP contribution is -2.49. The molecule has 8 nitrogen and oxygen atoms in total. The minimum absolute atomic E-state index is 0.0158. The van der Waals surface area contributed by atoms with Gasteiger partial charge in [0.05, 0.1) is 5.92 Å². The highest BCUT2D eigenvalue weighted by Gasteiger charge is 2.35. The van der Waals surface area contributed by atoms with Crippen molar-refractivity contribution in [2.45, 2.75) is 63.6 Å². The van der Waals surface area contributed by atoms with Crippen LogP contribution in [0.4, 0.5) is 0 Å². The van der Waals surface area contributed by atoms with Crippen LogP contribution in [0.1, 0.15) is 54.7 Å². The van der Waals surface area contributed by atoms with Crippen molar-refractivity contribution in [2.75, 3.05) is 26.3 Å². The van der Waals surface area contributed by atoms with E-state index >= 15 is 0 Å². The summed E-state index contributed by atoms with van der Waals surface area (Å²) in [4.78, 5) is 27.7. The SMILES string of the molecule is Cc1cc(C(=O)N[C@H]2CC[C@@H](C(=O)NC3CC3)CN(C3CCOCC3)C2)n[nH]1. The molecule has 2 amide bonds. The quantitative estimate of drug-likeness (QED) is 0.697. The molecular formula is C20H31N5O3. The summed E-state index contributed by atoms with van der Waals surface area (Å²) in [5.41, 5.74) is 1.29. The third kappa shape index (κ3) is 4.91. The molecular weight excluding hydrogens is 358 g/mol. The van der Waals surface area contributed by atoms with Crippen LogP contribution in [0.3, 0.4) is 0 Å². The predicted octanol–water partition coefficient (Wildman–Crippen LogP) is 0.986. The van der Waals surface area contributed by atoms with Crippen molar-refractivity contribution in [3.63, 3.8) is 0 Å². The van der Waals surface area contributed by atoms with Crippen molar-refractivity contribution in [2.24, 2.45) is 5.92 Å². The monoisotopic (exact) mass is 389 g/mol. The van der Waals surface area contributed by atoms with Crippen LogP contribution in [0, 0.1) is 12.8 Å². The number of aromatic nitrogens is 2. The van der Waals surface area contributed by atoms with Crippen LogP contribution in [0.25, 0.3) is 0 Å². The Hall–Kier alpha value is -1.93.